The fourth-order valence-corrected chi connectivity index (χ4v) is 3.66. The molecule has 2 aliphatic rings. The van der Waals surface area contributed by atoms with Crippen molar-refractivity contribution in [2.75, 3.05) is 26.3 Å². The summed E-state index contributed by atoms with van der Waals surface area (Å²) in [5.41, 5.74) is 2.05. The minimum atomic E-state index is -0.119. The van der Waals surface area contributed by atoms with Crippen molar-refractivity contribution in [3.63, 3.8) is 0 Å². The number of morpholine rings is 1. The molecule has 1 aliphatic heterocycles. The third-order valence-corrected chi connectivity index (χ3v) is 5.22. The molecular formula is C23H23NO3. The lowest BCUT2D eigenvalue weighted by atomic mass is 10.1. The van der Waals surface area contributed by atoms with Crippen LogP contribution in [0, 0.1) is 18.3 Å². The Hall–Kier alpha value is -2.77. The van der Waals surface area contributed by atoms with Gasteiger partial charge in [-0.1, -0.05) is 42.3 Å². The van der Waals surface area contributed by atoms with Crippen LogP contribution in [-0.2, 0) is 9.53 Å². The van der Waals surface area contributed by atoms with Crippen LogP contribution in [0.25, 0.3) is 0 Å². The number of amides is 1. The van der Waals surface area contributed by atoms with Crippen LogP contribution < -0.4 is 4.74 Å². The number of hydrogen-bond acceptors (Lipinski definition) is 3. The van der Waals surface area contributed by atoms with Crippen LogP contribution >= 0.6 is 0 Å². The van der Waals surface area contributed by atoms with Crippen molar-refractivity contribution >= 4 is 5.91 Å². The van der Waals surface area contributed by atoms with E-state index >= 15 is 0 Å². The molecule has 1 saturated carbocycles. The van der Waals surface area contributed by atoms with Gasteiger partial charge in [0.1, 0.15) is 18.5 Å². The van der Waals surface area contributed by atoms with Gasteiger partial charge >= 0.3 is 0 Å². The van der Waals surface area contributed by atoms with Gasteiger partial charge in [0.2, 0.25) is 5.91 Å². The van der Waals surface area contributed by atoms with Gasteiger partial charge in [0.15, 0.2) is 0 Å². The molecule has 27 heavy (non-hydrogen) atoms. The number of rotatable bonds is 5. The summed E-state index contributed by atoms with van der Waals surface area (Å²) in [6, 6.07) is 17.7. The summed E-state index contributed by atoms with van der Waals surface area (Å²) in [4.78, 5) is 14.8. The maximum atomic E-state index is 12.9. The van der Waals surface area contributed by atoms with Gasteiger partial charge in [0.05, 0.1) is 13.2 Å². The van der Waals surface area contributed by atoms with E-state index in [-0.39, 0.29) is 17.9 Å². The van der Waals surface area contributed by atoms with Crippen molar-refractivity contribution in [3.8, 4) is 18.1 Å². The molecule has 2 aromatic rings. The molecule has 3 unspecified atom stereocenters. The zero-order valence-electron chi connectivity index (χ0n) is 15.2. The Kier molecular flexibility index (Phi) is 5.13. The molecule has 1 amide bonds. The van der Waals surface area contributed by atoms with Crippen molar-refractivity contribution in [3.05, 3.63) is 65.7 Å². The van der Waals surface area contributed by atoms with Gasteiger partial charge in [-0.05, 0) is 36.1 Å². The smallest absolute Gasteiger partial charge is 0.226 e. The Morgan fingerprint density at radius 1 is 1.22 bits per heavy atom. The van der Waals surface area contributed by atoms with Crippen LogP contribution in [0.5, 0.6) is 5.75 Å². The van der Waals surface area contributed by atoms with Crippen LogP contribution in [0.15, 0.2) is 54.6 Å². The molecule has 138 valence electrons. The van der Waals surface area contributed by atoms with Crippen LogP contribution in [0.1, 0.15) is 23.5 Å². The summed E-state index contributed by atoms with van der Waals surface area (Å²) in [5, 5.41) is 0. The lowest BCUT2D eigenvalue weighted by Crippen LogP contribution is -2.48. The lowest BCUT2D eigenvalue weighted by Gasteiger charge is -2.33. The molecule has 0 N–H and O–H groups in total. The van der Waals surface area contributed by atoms with Gasteiger partial charge in [0, 0.05) is 18.0 Å². The Morgan fingerprint density at radius 3 is 2.89 bits per heavy atom. The SMILES string of the molecule is C#Cc1cccc(OCC2CN(C(=O)C3CC3c3ccccc3)CCO2)c1. The number of carbonyl (C=O) groups excluding carboxylic acids is 1. The van der Waals surface area contributed by atoms with E-state index in [9.17, 15) is 4.79 Å². The van der Waals surface area contributed by atoms with E-state index in [1.807, 2.05) is 47.4 Å². The Balaban J connectivity index is 1.30. The molecule has 4 rings (SSSR count). The minimum Gasteiger partial charge on any atom is -0.491 e. The molecule has 2 aromatic carbocycles. The van der Waals surface area contributed by atoms with E-state index in [0.717, 1.165) is 17.7 Å². The fraction of sp³-hybridized carbons (Fsp3) is 0.348. The van der Waals surface area contributed by atoms with Crippen LogP contribution in [0.2, 0.25) is 0 Å². The molecule has 1 heterocycles. The molecule has 1 saturated heterocycles. The first-order valence-electron chi connectivity index (χ1n) is 9.39. The maximum absolute atomic E-state index is 12.9. The molecule has 3 atom stereocenters. The van der Waals surface area contributed by atoms with Gasteiger partial charge in [-0.15, -0.1) is 6.42 Å². The van der Waals surface area contributed by atoms with E-state index in [2.05, 4.69) is 18.1 Å². The van der Waals surface area contributed by atoms with Crippen molar-refractivity contribution in [2.24, 2.45) is 5.92 Å². The number of hydrogen-bond donors (Lipinski definition) is 0. The number of ether oxygens (including phenoxy) is 2. The minimum absolute atomic E-state index is 0.111. The van der Waals surface area contributed by atoms with E-state index in [0.29, 0.717) is 32.2 Å². The number of terminal acetylenes is 1. The van der Waals surface area contributed by atoms with Crippen molar-refractivity contribution in [1.29, 1.82) is 0 Å². The second kappa shape index (κ2) is 7.85. The monoisotopic (exact) mass is 361 g/mol. The lowest BCUT2D eigenvalue weighted by molar-refractivity contribution is -0.141. The zero-order chi connectivity index (χ0) is 18.6. The topological polar surface area (TPSA) is 38.8 Å². The molecule has 0 radical (unpaired) electrons. The quantitative estimate of drug-likeness (QED) is 0.769. The molecule has 0 bridgehead atoms. The standard InChI is InChI=1S/C23H23NO3/c1-2-17-7-6-10-19(13-17)27-16-20-15-24(11-12-26-20)23(25)22-14-21(22)18-8-4-3-5-9-18/h1,3-10,13,20-22H,11-12,14-16H2. The summed E-state index contributed by atoms with van der Waals surface area (Å²) >= 11 is 0. The fourth-order valence-electron chi connectivity index (χ4n) is 3.66. The largest absolute Gasteiger partial charge is 0.491 e. The molecule has 4 heteroatoms. The average Bonchev–Trinajstić information content (AvgIpc) is 3.54. The Bertz CT molecular complexity index is 842. The predicted molar refractivity (Wildman–Crippen MR) is 103 cm³/mol. The van der Waals surface area contributed by atoms with Gasteiger partial charge in [0.25, 0.3) is 0 Å². The zero-order valence-corrected chi connectivity index (χ0v) is 15.2. The van der Waals surface area contributed by atoms with Crippen molar-refractivity contribution in [2.45, 2.75) is 18.4 Å². The summed E-state index contributed by atoms with van der Waals surface area (Å²) in [7, 11) is 0. The molecule has 0 aromatic heterocycles. The van der Waals surface area contributed by atoms with Crippen molar-refractivity contribution < 1.29 is 14.3 Å². The van der Waals surface area contributed by atoms with Gasteiger partial charge in [-0.2, -0.15) is 0 Å². The summed E-state index contributed by atoms with van der Waals surface area (Å²) in [5.74, 6) is 4.04. The first kappa shape index (κ1) is 17.6. The van der Waals surface area contributed by atoms with Gasteiger partial charge in [-0.25, -0.2) is 0 Å². The van der Waals surface area contributed by atoms with Gasteiger partial charge in [-0.3, -0.25) is 4.79 Å². The second-order valence-electron chi connectivity index (χ2n) is 7.12. The molecule has 2 fully saturated rings. The highest BCUT2D eigenvalue weighted by molar-refractivity contribution is 5.83. The van der Waals surface area contributed by atoms with Crippen LogP contribution in [-0.4, -0.2) is 43.2 Å². The summed E-state index contributed by atoms with van der Waals surface area (Å²) in [6.07, 6.45) is 6.25. The highest BCUT2D eigenvalue weighted by Gasteiger charge is 2.46. The predicted octanol–water partition coefficient (Wildman–Crippen LogP) is 3.08. The van der Waals surface area contributed by atoms with E-state index in [1.54, 1.807) is 0 Å². The van der Waals surface area contributed by atoms with E-state index in [1.165, 1.54) is 5.56 Å². The maximum Gasteiger partial charge on any atom is 0.226 e. The number of nitrogens with zero attached hydrogens (tertiary/aromatic N) is 1. The normalized spacial score (nSPS) is 24.1. The highest BCUT2D eigenvalue weighted by atomic mass is 16.5. The third kappa shape index (κ3) is 4.15. The molecule has 1 aliphatic carbocycles. The van der Waals surface area contributed by atoms with Crippen LogP contribution in [0.3, 0.4) is 0 Å². The molecule has 4 nitrogen and oxygen atoms in total. The van der Waals surface area contributed by atoms with Gasteiger partial charge < -0.3 is 14.4 Å². The first-order chi connectivity index (χ1) is 13.2. The van der Waals surface area contributed by atoms with Crippen LogP contribution in [0.4, 0.5) is 0 Å². The summed E-state index contributed by atoms with van der Waals surface area (Å²) < 4.78 is 11.6. The Morgan fingerprint density at radius 2 is 2.07 bits per heavy atom. The average molecular weight is 361 g/mol. The first-order valence-corrected chi connectivity index (χ1v) is 9.39. The Labute approximate surface area is 160 Å². The molecule has 0 spiro atoms. The molecular weight excluding hydrogens is 338 g/mol. The van der Waals surface area contributed by atoms with E-state index < -0.39 is 0 Å². The van der Waals surface area contributed by atoms with Crippen molar-refractivity contribution in [1.82, 2.24) is 4.90 Å². The second-order valence-corrected chi connectivity index (χ2v) is 7.12. The number of carbonyl (C=O) groups is 1. The summed E-state index contributed by atoms with van der Waals surface area (Å²) in [6.45, 7) is 2.18. The third-order valence-electron chi connectivity index (χ3n) is 5.22. The number of benzene rings is 2. The highest BCUT2D eigenvalue weighted by Crippen LogP contribution is 2.48. The van der Waals surface area contributed by atoms with E-state index in [4.69, 9.17) is 15.9 Å².